The van der Waals surface area contributed by atoms with Crippen molar-refractivity contribution in [1.82, 2.24) is 4.98 Å². The van der Waals surface area contributed by atoms with Gasteiger partial charge in [0.05, 0.1) is 28.3 Å². The first-order valence-corrected chi connectivity index (χ1v) is 9.96. The number of oxazole rings is 1. The van der Waals surface area contributed by atoms with E-state index in [1.54, 1.807) is 18.2 Å². The Morgan fingerprint density at radius 1 is 1.12 bits per heavy atom. The van der Waals surface area contributed by atoms with Crippen molar-refractivity contribution < 1.29 is 18.9 Å². The van der Waals surface area contributed by atoms with Gasteiger partial charge in [0.2, 0.25) is 5.89 Å². The third kappa shape index (κ3) is 4.00. The van der Waals surface area contributed by atoms with Crippen LogP contribution in [0.15, 0.2) is 52.9 Å². The van der Waals surface area contributed by atoms with Gasteiger partial charge in [0.15, 0.2) is 5.58 Å². The molecule has 0 bridgehead atoms. The average Bonchev–Trinajstić information content (AvgIpc) is 3.16. The molecule has 1 amide bonds. The van der Waals surface area contributed by atoms with Gasteiger partial charge in [-0.1, -0.05) is 11.6 Å². The van der Waals surface area contributed by atoms with Crippen LogP contribution >= 0.6 is 11.6 Å². The largest absolute Gasteiger partial charge is 0.495 e. The van der Waals surface area contributed by atoms with Gasteiger partial charge in [0.25, 0.3) is 11.6 Å². The third-order valence-corrected chi connectivity index (χ3v) is 5.42. The number of nitro benzene ring substituents is 1. The van der Waals surface area contributed by atoms with Crippen molar-refractivity contribution >= 4 is 40.0 Å². The lowest BCUT2D eigenvalue weighted by molar-refractivity contribution is -0.384. The van der Waals surface area contributed by atoms with E-state index in [1.807, 2.05) is 26.0 Å². The number of hydrogen-bond donors (Lipinski definition) is 1. The molecule has 8 nitrogen and oxygen atoms in total. The molecule has 0 saturated carbocycles. The molecule has 0 atom stereocenters. The van der Waals surface area contributed by atoms with E-state index in [0.29, 0.717) is 28.5 Å². The number of benzene rings is 3. The number of nitrogens with one attached hydrogen (secondary N) is 1. The Kier molecular flexibility index (Phi) is 5.54. The second kappa shape index (κ2) is 8.32. The summed E-state index contributed by atoms with van der Waals surface area (Å²) in [4.78, 5) is 27.7. The maximum absolute atomic E-state index is 12.8. The molecule has 1 aromatic heterocycles. The van der Waals surface area contributed by atoms with Crippen molar-refractivity contribution in [1.29, 1.82) is 0 Å². The minimum atomic E-state index is -0.580. The zero-order valence-electron chi connectivity index (χ0n) is 17.4. The first kappa shape index (κ1) is 21.3. The molecule has 4 rings (SSSR count). The second-order valence-corrected chi connectivity index (χ2v) is 7.62. The van der Waals surface area contributed by atoms with E-state index in [0.717, 1.165) is 22.7 Å². The van der Waals surface area contributed by atoms with Gasteiger partial charge in [-0.3, -0.25) is 14.9 Å². The standard InChI is InChI=1S/C23H18ClN3O5/c1-12-8-18-21(9-13(12)2)32-23(26-18)14-4-7-20(31-3)19(10-14)25-22(28)16-6-5-15(27(29)30)11-17(16)24/h4-11H,1-3H3,(H,25,28). The van der Waals surface area contributed by atoms with E-state index in [9.17, 15) is 14.9 Å². The van der Waals surface area contributed by atoms with Crippen LogP contribution in [0.25, 0.3) is 22.6 Å². The number of fused-ring (bicyclic) bond motifs is 1. The number of hydrogen-bond acceptors (Lipinski definition) is 6. The number of amides is 1. The Hall–Kier alpha value is -3.91. The number of ether oxygens (including phenoxy) is 1. The number of carbonyl (C=O) groups is 1. The Bertz CT molecular complexity index is 1340. The van der Waals surface area contributed by atoms with Crippen LogP contribution in [0.1, 0.15) is 21.5 Å². The number of nitrogens with zero attached hydrogens (tertiary/aromatic N) is 2. The second-order valence-electron chi connectivity index (χ2n) is 7.21. The first-order chi connectivity index (χ1) is 15.3. The molecule has 162 valence electrons. The number of aryl methyl sites for hydroxylation is 2. The van der Waals surface area contributed by atoms with Crippen LogP contribution in [-0.2, 0) is 0 Å². The quantitative estimate of drug-likeness (QED) is 0.297. The van der Waals surface area contributed by atoms with Gasteiger partial charge >= 0.3 is 0 Å². The topological polar surface area (TPSA) is 108 Å². The first-order valence-electron chi connectivity index (χ1n) is 9.58. The Balaban J connectivity index is 1.68. The zero-order valence-corrected chi connectivity index (χ0v) is 18.2. The summed E-state index contributed by atoms with van der Waals surface area (Å²) in [5.74, 6) is 0.281. The summed E-state index contributed by atoms with van der Waals surface area (Å²) in [6.45, 7) is 4.01. The van der Waals surface area contributed by atoms with E-state index < -0.39 is 10.8 Å². The van der Waals surface area contributed by atoms with Crippen molar-refractivity contribution in [2.45, 2.75) is 13.8 Å². The lowest BCUT2D eigenvalue weighted by Gasteiger charge is -2.12. The molecule has 0 unspecified atom stereocenters. The Labute approximate surface area is 187 Å². The number of carbonyl (C=O) groups excluding carboxylic acids is 1. The molecule has 0 radical (unpaired) electrons. The fourth-order valence-corrected chi connectivity index (χ4v) is 3.49. The maximum Gasteiger partial charge on any atom is 0.270 e. The molecule has 4 aromatic rings. The van der Waals surface area contributed by atoms with Gasteiger partial charge in [0.1, 0.15) is 11.3 Å². The summed E-state index contributed by atoms with van der Waals surface area (Å²) < 4.78 is 11.3. The smallest absolute Gasteiger partial charge is 0.270 e. The van der Waals surface area contributed by atoms with Crippen molar-refractivity contribution in [3.05, 3.63) is 80.4 Å². The number of nitro groups is 1. The predicted molar refractivity (Wildman–Crippen MR) is 122 cm³/mol. The lowest BCUT2D eigenvalue weighted by Crippen LogP contribution is -2.13. The molecule has 3 aromatic carbocycles. The van der Waals surface area contributed by atoms with Crippen molar-refractivity contribution in [3.8, 4) is 17.2 Å². The van der Waals surface area contributed by atoms with Gasteiger partial charge in [-0.25, -0.2) is 4.98 Å². The molecule has 9 heteroatoms. The summed E-state index contributed by atoms with van der Waals surface area (Å²) in [6, 6.07) is 12.7. The van der Waals surface area contributed by atoms with Crippen LogP contribution in [0.2, 0.25) is 5.02 Å². The molecule has 0 fully saturated rings. The number of halogens is 1. The van der Waals surface area contributed by atoms with Crippen LogP contribution in [-0.4, -0.2) is 22.9 Å². The van der Waals surface area contributed by atoms with E-state index in [-0.39, 0.29) is 16.3 Å². The van der Waals surface area contributed by atoms with Gasteiger partial charge in [-0.2, -0.15) is 0 Å². The van der Waals surface area contributed by atoms with Gasteiger partial charge < -0.3 is 14.5 Å². The van der Waals surface area contributed by atoms with Crippen LogP contribution in [0.3, 0.4) is 0 Å². The summed E-state index contributed by atoms with van der Waals surface area (Å²) in [5, 5.41) is 13.6. The minimum Gasteiger partial charge on any atom is -0.495 e. The number of methoxy groups -OCH3 is 1. The average molecular weight is 452 g/mol. The Morgan fingerprint density at radius 2 is 1.88 bits per heavy atom. The monoisotopic (exact) mass is 451 g/mol. The highest BCUT2D eigenvalue weighted by molar-refractivity contribution is 6.34. The number of non-ortho nitro benzene ring substituents is 1. The number of aromatic nitrogens is 1. The van der Waals surface area contributed by atoms with Gasteiger partial charge in [-0.15, -0.1) is 0 Å². The minimum absolute atomic E-state index is 0.0310. The summed E-state index contributed by atoms with van der Waals surface area (Å²) in [5.41, 5.74) is 4.53. The molecule has 0 saturated heterocycles. The fourth-order valence-electron chi connectivity index (χ4n) is 3.23. The van der Waals surface area contributed by atoms with Gasteiger partial charge in [-0.05, 0) is 61.4 Å². The van der Waals surface area contributed by atoms with Crippen LogP contribution in [0, 0.1) is 24.0 Å². The number of rotatable bonds is 5. The molecular weight excluding hydrogens is 434 g/mol. The molecule has 1 heterocycles. The van der Waals surface area contributed by atoms with Gasteiger partial charge in [0, 0.05) is 17.7 Å². The molecular formula is C23H18ClN3O5. The Morgan fingerprint density at radius 3 is 2.56 bits per heavy atom. The number of anilines is 1. The summed E-state index contributed by atoms with van der Waals surface area (Å²) in [7, 11) is 1.48. The summed E-state index contributed by atoms with van der Waals surface area (Å²) in [6.07, 6.45) is 0. The summed E-state index contributed by atoms with van der Waals surface area (Å²) >= 11 is 6.08. The highest BCUT2D eigenvalue weighted by Gasteiger charge is 2.18. The van der Waals surface area contributed by atoms with Crippen LogP contribution < -0.4 is 10.1 Å². The molecule has 0 spiro atoms. The normalized spacial score (nSPS) is 10.9. The van der Waals surface area contributed by atoms with E-state index in [1.165, 1.54) is 19.2 Å². The van der Waals surface area contributed by atoms with E-state index in [4.69, 9.17) is 20.8 Å². The zero-order chi connectivity index (χ0) is 23.0. The SMILES string of the molecule is COc1ccc(-c2nc3cc(C)c(C)cc3o2)cc1NC(=O)c1ccc([N+](=O)[O-])cc1Cl. The molecule has 0 aliphatic heterocycles. The van der Waals surface area contributed by atoms with Crippen molar-refractivity contribution in [2.24, 2.45) is 0 Å². The molecule has 1 N–H and O–H groups in total. The third-order valence-electron chi connectivity index (χ3n) is 5.11. The van der Waals surface area contributed by atoms with Crippen LogP contribution in [0.5, 0.6) is 5.75 Å². The molecule has 0 aliphatic rings. The fraction of sp³-hybridized carbons (Fsp3) is 0.130. The lowest BCUT2D eigenvalue weighted by atomic mass is 10.1. The van der Waals surface area contributed by atoms with Crippen LogP contribution in [0.4, 0.5) is 11.4 Å². The highest BCUT2D eigenvalue weighted by Crippen LogP contribution is 2.33. The van der Waals surface area contributed by atoms with E-state index in [2.05, 4.69) is 10.3 Å². The molecule has 0 aliphatic carbocycles. The van der Waals surface area contributed by atoms with E-state index >= 15 is 0 Å². The molecule has 32 heavy (non-hydrogen) atoms. The van der Waals surface area contributed by atoms with Crippen molar-refractivity contribution in [2.75, 3.05) is 12.4 Å². The predicted octanol–water partition coefficient (Wildman–Crippen LogP) is 5.93. The van der Waals surface area contributed by atoms with Crippen molar-refractivity contribution in [3.63, 3.8) is 0 Å². The maximum atomic E-state index is 12.8. The highest BCUT2D eigenvalue weighted by atomic mass is 35.5.